The van der Waals surface area contributed by atoms with Crippen LogP contribution < -0.4 is 5.32 Å². The Hall–Kier alpha value is -2.48. The molecule has 3 aromatic rings. The number of hydrogen-bond donors (Lipinski definition) is 1. The summed E-state index contributed by atoms with van der Waals surface area (Å²) in [5, 5.41) is 14.7. The third kappa shape index (κ3) is 3.85. The van der Waals surface area contributed by atoms with E-state index in [4.69, 9.17) is 0 Å². The number of hydrogen-bond acceptors (Lipinski definition) is 3. The molecule has 0 heterocycles. The maximum Gasteiger partial charge on any atom is 0.277 e. The Kier molecular flexibility index (Phi) is 5.51. The molecule has 0 aliphatic heterocycles. The first-order valence-corrected chi connectivity index (χ1v) is 9.09. The molecule has 0 saturated heterocycles. The summed E-state index contributed by atoms with van der Waals surface area (Å²) in [7, 11) is 0. The number of nitro groups is 1. The van der Waals surface area contributed by atoms with Crippen molar-refractivity contribution < 1.29 is 9.31 Å². The van der Waals surface area contributed by atoms with Crippen LogP contribution in [0.1, 0.15) is 18.5 Å². The van der Waals surface area contributed by atoms with E-state index in [0.29, 0.717) is 16.8 Å². The summed E-state index contributed by atoms with van der Waals surface area (Å²) in [6.45, 7) is 1.98. The zero-order chi connectivity index (χ0) is 18.7. The van der Waals surface area contributed by atoms with Crippen LogP contribution in [0.15, 0.2) is 66.7 Å². The highest BCUT2D eigenvalue weighted by atomic mass is 127. The van der Waals surface area contributed by atoms with E-state index >= 15 is 0 Å². The van der Waals surface area contributed by atoms with Crippen LogP contribution in [-0.4, -0.2) is 4.92 Å². The van der Waals surface area contributed by atoms with Crippen molar-refractivity contribution in [2.45, 2.75) is 13.0 Å². The molecule has 3 rings (SSSR count). The quantitative estimate of drug-likeness (QED) is 0.280. The van der Waals surface area contributed by atoms with Crippen molar-refractivity contribution in [3.63, 3.8) is 0 Å². The first-order chi connectivity index (χ1) is 12.5. The van der Waals surface area contributed by atoms with E-state index in [1.54, 1.807) is 24.3 Å². The number of nitro benzene ring substituents is 1. The molecule has 26 heavy (non-hydrogen) atoms. The smallest absolute Gasteiger partial charge is 0.277 e. The van der Waals surface area contributed by atoms with E-state index in [0.717, 1.165) is 9.13 Å². The van der Waals surface area contributed by atoms with Gasteiger partial charge in [-0.3, -0.25) is 10.1 Å². The second kappa shape index (κ2) is 7.82. The molecule has 0 aromatic heterocycles. The van der Waals surface area contributed by atoms with Crippen molar-refractivity contribution in [1.29, 1.82) is 0 Å². The number of para-hydroxylation sites is 1. The van der Waals surface area contributed by atoms with Crippen LogP contribution in [0.3, 0.4) is 0 Å². The number of halogens is 2. The molecule has 0 bridgehead atoms. The standard InChI is InChI=1S/C20H16FIN2O2/c1-13(15-6-2-4-8-18(15)22)23-19-12-14(21)10-11-16(19)17-7-3-5-9-20(17)24(25)26/h2-13,23H,1H3. The van der Waals surface area contributed by atoms with Gasteiger partial charge in [-0.1, -0.05) is 30.3 Å². The number of benzene rings is 3. The van der Waals surface area contributed by atoms with Crippen molar-refractivity contribution in [2.75, 3.05) is 5.32 Å². The molecule has 132 valence electrons. The van der Waals surface area contributed by atoms with Gasteiger partial charge < -0.3 is 5.32 Å². The fraction of sp³-hybridized carbons (Fsp3) is 0.100. The highest BCUT2D eigenvalue weighted by Gasteiger charge is 2.19. The molecule has 0 aliphatic carbocycles. The van der Waals surface area contributed by atoms with Gasteiger partial charge in [-0.05, 0) is 65.4 Å². The van der Waals surface area contributed by atoms with Gasteiger partial charge in [0.2, 0.25) is 0 Å². The average Bonchev–Trinajstić information content (AvgIpc) is 2.62. The number of nitrogens with one attached hydrogen (secondary N) is 1. The minimum absolute atomic E-state index is 0.0101. The first kappa shape index (κ1) is 18.3. The van der Waals surface area contributed by atoms with Crippen LogP contribution in [0.5, 0.6) is 0 Å². The Labute approximate surface area is 164 Å². The summed E-state index contributed by atoms with van der Waals surface area (Å²) >= 11 is 2.26. The van der Waals surface area contributed by atoms with E-state index < -0.39 is 10.7 Å². The predicted octanol–water partition coefficient (Wildman–Crippen LogP) is 6.18. The molecule has 6 heteroatoms. The number of anilines is 1. The van der Waals surface area contributed by atoms with Crippen molar-refractivity contribution in [3.8, 4) is 11.1 Å². The molecule has 0 fully saturated rings. The second-order valence-corrected chi connectivity index (χ2v) is 7.01. The molecule has 4 nitrogen and oxygen atoms in total. The third-order valence-electron chi connectivity index (χ3n) is 4.12. The maximum atomic E-state index is 13.9. The van der Waals surface area contributed by atoms with Crippen molar-refractivity contribution in [1.82, 2.24) is 0 Å². The summed E-state index contributed by atoms with van der Waals surface area (Å²) in [4.78, 5) is 10.9. The molecule has 3 aromatic carbocycles. The summed E-state index contributed by atoms with van der Waals surface area (Å²) < 4.78 is 15.0. The molecule has 0 aliphatic rings. The highest BCUT2D eigenvalue weighted by Crippen LogP contribution is 2.37. The van der Waals surface area contributed by atoms with Crippen LogP contribution in [0.25, 0.3) is 11.1 Å². The monoisotopic (exact) mass is 462 g/mol. The van der Waals surface area contributed by atoms with Gasteiger partial charge in [-0.15, -0.1) is 0 Å². The molecular weight excluding hydrogens is 446 g/mol. The molecule has 0 radical (unpaired) electrons. The summed E-state index contributed by atoms with van der Waals surface area (Å²) in [5.41, 5.74) is 2.63. The normalized spacial score (nSPS) is 11.8. The molecule has 0 spiro atoms. The Morgan fingerprint density at radius 1 is 1.04 bits per heavy atom. The minimum atomic E-state index is -0.425. The third-order valence-corrected chi connectivity index (χ3v) is 5.10. The highest BCUT2D eigenvalue weighted by molar-refractivity contribution is 14.1. The van der Waals surface area contributed by atoms with E-state index in [2.05, 4.69) is 27.9 Å². The Morgan fingerprint density at radius 2 is 1.73 bits per heavy atom. The minimum Gasteiger partial charge on any atom is -0.378 e. The van der Waals surface area contributed by atoms with Gasteiger partial charge in [-0.2, -0.15) is 0 Å². The van der Waals surface area contributed by atoms with Crippen molar-refractivity contribution in [3.05, 3.63) is 91.8 Å². The van der Waals surface area contributed by atoms with Crippen LogP contribution >= 0.6 is 22.6 Å². The largest absolute Gasteiger partial charge is 0.378 e. The van der Waals surface area contributed by atoms with E-state index in [-0.39, 0.29) is 11.7 Å². The topological polar surface area (TPSA) is 55.2 Å². The lowest BCUT2D eigenvalue weighted by Gasteiger charge is -2.20. The lowest BCUT2D eigenvalue weighted by atomic mass is 10.0. The van der Waals surface area contributed by atoms with Gasteiger partial charge in [-0.25, -0.2) is 4.39 Å². The van der Waals surface area contributed by atoms with Gasteiger partial charge >= 0.3 is 0 Å². The average molecular weight is 462 g/mol. The van der Waals surface area contributed by atoms with Gasteiger partial charge in [0, 0.05) is 26.9 Å². The van der Waals surface area contributed by atoms with Crippen molar-refractivity contribution >= 4 is 34.0 Å². The van der Waals surface area contributed by atoms with Crippen LogP contribution in [-0.2, 0) is 0 Å². The van der Waals surface area contributed by atoms with Crippen LogP contribution in [0.4, 0.5) is 15.8 Å². The lowest BCUT2D eigenvalue weighted by molar-refractivity contribution is -0.384. The first-order valence-electron chi connectivity index (χ1n) is 8.01. The molecule has 0 amide bonds. The second-order valence-electron chi connectivity index (χ2n) is 5.85. The van der Waals surface area contributed by atoms with Crippen LogP contribution in [0.2, 0.25) is 0 Å². The fourth-order valence-corrected chi connectivity index (χ4v) is 3.72. The van der Waals surface area contributed by atoms with E-state index in [1.165, 1.54) is 18.2 Å². The zero-order valence-electron chi connectivity index (χ0n) is 13.9. The lowest BCUT2D eigenvalue weighted by Crippen LogP contribution is -2.09. The number of rotatable bonds is 5. The molecule has 1 unspecified atom stereocenters. The van der Waals surface area contributed by atoms with E-state index in [1.807, 2.05) is 31.2 Å². The Balaban J connectivity index is 2.05. The number of nitrogens with zero attached hydrogens (tertiary/aromatic N) is 1. The Morgan fingerprint density at radius 3 is 2.46 bits per heavy atom. The van der Waals surface area contributed by atoms with E-state index in [9.17, 15) is 14.5 Å². The summed E-state index contributed by atoms with van der Waals surface area (Å²) in [5.74, 6) is -0.398. The van der Waals surface area contributed by atoms with Crippen LogP contribution in [0, 0.1) is 19.5 Å². The molecule has 0 saturated carbocycles. The van der Waals surface area contributed by atoms with Gasteiger partial charge in [0.1, 0.15) is 5.82 Å². The Bertz CT molecular complexity index is 962. The summed E-state index contributed by atoms with van der Waals surface area (Å²) in [6.07, 6.45) is 0. The SMILES string of the molecule is CC(Nc1cc(F)ccc1-c1ccccc1[N+](=O)[O-])c1ccccc1I. The molecule has 1 N–H and O–H groups in total. The predicted molar refractivity (Wildman–Crippen MR) is 110 cm³/mol. The zero-order valence-corrected chi connectivity index (χ0v) is 16.1. The fourth-order valence-electron chi connectivity index (χ4n) is 2.87. The van der Waals surface area contributed by atoms with Crippen molar-refractivity contribution in [2.24, 2.45) is 0 Å². The summed E-state index contributed by atoms with van der Waals surface area (Å²) in [6, 6.07) is 18.6. The van der Waals surface area contributed by atoms with Gasteiger partial charge in [0.05, 0.1) is 10.5 Å². The molecular formula is C20H16FIN2O2. The van der Waals surface area contributed by atoms with Gasteiger partial charge in [0.25, 0.3) is 5.69 Å². The van der Waals surface area contributed by atoms with Gasteiger partial charge in [0.15, 0.2) is 0 Å². The maximum absolute atomic E-state index is 13.9. The molecule has 1 atom stereocenters.